The van der Waals surface area contributed by atoms with Crippen molar-refractivity contribution >= 4 is 17.9 Å². The average molecular weight is 532 g/mol. The summed E-state index contributed by atoms with van der Waals surface area (Å²) in [4.78, 5) is 42.4. The Labute approximate surface area is 231 Å². The highest BCUT2D eigenvalue weighted by atomic mass is 16.6. The second-order valence-corrected chi connectivity index (χ2v) is 11.2. The Hall–Kier alpha value is -2.57. The molecule has 1 aromatic carbocycles. The molecule has 38 heavy (non-hydrogen) atoms. The third kappa shape index (κ3) is 11.4. The highest BCUT2D eigenvalue weighted by Crippen LogP contribution is 2.26. The SMILES string of the molecule is CCCCCCN(C(=O)C(NC(=O)OC(C)(C)C)C(C)CC)C(C(=O)NCCCC)c1ccc(CC)cc1. The molecule has 0 saturated carbocycles. The van der Waals surface area contributed by atoms with Gasteiger partial charge in [0.15, 0.2) is 0 Å². The molecule has 1 aromatic rings. The van der Waals surface area contributed by atoms with Gasteiger partial charge in [-0.25, -0.2) is 4.79 Å². The lowest BCUT2D eigenvalue weighted by molar-refractivity contribution is -0.143. The van der Waals surface area contributed by atoms with E-state index in [-0.39, 0.29) is 17.7 Å². The molecule has 0 radical (unpaired) electrons. The van der Waals surface area contributed by atoms with Crippen molar-refractivity contribution in [2.24, 2.45) is 5.92 Å². The third-order valence-electron chi connectivity index (χ3n) is 6.78. The molecule has 0 aliphatic rings. The Morgan fingerprint density at radius 1 is 0.921 bits per heavy atom. The van der Waals surface area contributed by atoms with Crippen LogP contribution in [0.3, 0.4) is 0 Å². The normalized spacial score (nSPS) is 13.8. The van der Waals surface area contributed by atoms with E-state index in [4.69, 9.17) is 4.74 Å². The number of nitrogens with one attached hydrogen (secondary N) is 2. The number of carbonyl (C=O) groups excluding carboxylic acids is 3. The van der Waals surface area contributed by atoms with Crippen molar-refractivity contribution in [2.75, 3.05) is 13.1 Å². The number of alkyl carbamates (subject to hydrolysis) is 1. The van der Waals surface area contributed by atoms with E-state index in [1.165, 1.54) is 5.56 Å². The van der Waals surface area contributed by atoms with Gasteiger partial charge in [0.25, 0.3) is 0 Å². The van der Waals surface area contributed by atoms with Gasteiger partial charge >= 0.3 is 6.09 Å². The van der Waals surface area contributed by atoms with E-state index in [2.05, 4.69) is 31.4 Å². The summed E-state index contributed by atoms with van der Waals surface area (Å²) in [5.41, 5.74) is 1.26. The average Bonchev–Trinajstić information content (AvgIpc) is 2.87. The van der Waals surface area contributed by atoms with Crippen molar-refractivity contribution in [2.45, 2.75) is 124 Å². The van der Waals surface area contributed by atoms with Crippen molar-refractivity contribution in [3.8, 4) is 0 Å². The molecule has 216 valence electrons. The fourth-order valence-corrected chi connectivity index (χ4v) is 4.27. The van der Waals surface area contributed by atoms with Gasteiger partial charge in [-0.15, -0.1) is 0 Å². The molecule has 0 aliphatic carbocycles. The lowest BCUT2D eigenvalue weighted by atomic mass is 9.95. The molecule has 0 aliphatic heterocycles. The van der Waals surface area contributed by atoms with Gasteiger partial charge in [-0.3, -0.25) is 9.59 Å². The molecule has 1 rings (SSSR count). The molecule has 7 heteroatoms. The number of carbonyl (C=O) groups is 3. The highest BCUT2D eigenvalue weighted by Gasteiger charge is 2.37. The van der Waals surface area contributed by atoms with E-state index in [1.807, 2.05) is 38.1 Å². The topological polar surface area (TPSA) is 87.7 Å². The number of ether oxygens (including phenoxy) is 1. The van der Waals surface area contributed by atoms with Gasteiger partial charge < -0.3 is 20.3 Å². The predicted octanol–water partition coefficient (Wildman–Crippen LogP) is 6.55. The van der Waals surface area contributed by atoms with E-state index in [1.54, 1.807) is 25.7 Å². The number of unbranched alkanes of at least 4 members (excludes halogenated alkanes) is 4. The first-order valence-electron chi connectivity index (χ1n) is 14.6. The largest absolute Gasteiger partial charge is 0.444 e. The third-order valence-corrected chi connectivity index (χ3v) is 6.78. The molecular formula is C31H53N3O4. The molecule has 3 atom stereocenters. The number of hydrogen-bond donors (Lipinski definition) is 2. The molecule has 3 amide bonds. The first-order chi connectivity index (χ1) is 18.0. The Morgan fingerprint density at radius 2 is 1.55 bits per heavy atom. The number of nitrogens with zero attached hydrogens (tertiary/aromatic N) is 1. The number of hydrogen-bond acceptors (Lipinski definition) is 4. The zero-order chi connectivity index (χ0) is 28.7. The maximum atomic E-state index is 14.3. The molecule has 0 bridgehead atoms. The van der Waals surface area contributed by atoms with Crippen LogP contribution >= 0.6 is 0 Å². The van der Waals surface area contributed by atoms with Gasteiger partial charge in [0.05, 0.1) is 0 Å². The van der Waals surface area contributed by atoms with Crippen LogP contribution in [0.2, 0.25) is 0 Å². The van der Waals surface area contributed by atoms with Crippen molar-refractivity contribution in [3.63, 3.8) is 0 Å². The van der Waals surface area contributed by atoms with Crippen LogP contribution in [0.25, 0.3) is 0 Å². The lowest BCUT2D eigenvalue weighted by Gasteiger charge is -2.36. The zero-order valence-electron chi connectivity index (χ0n) is 25.2. The van der Waals surface area contributed by atoms with Crippen molar-refractivity contribution in [3.05, 3.63) is 35.4 Å². The van der Waals surface area contributed by atoms with E-state index in [9.17, 15) is 14.4 Å². The van der Waals surface area contributed by atoms with Crippen LogP contribution < -0.4 is 10.6 Å². The molecular weight excluding hydrogens is 478 g/mol. The van der Waals surface area contributed by atoms with Gasteiger partial charge in [-0.2, -0.15) is 0 Å². The Morgan fingerprint density at radius 3 is 2.08 bits per heavy atom. The maximum absolute atomic E-state index is 14.3. The minimum atomic E-state index is -0.804. The molecule has 7 nitrogen and oxygen atoms in total. The molecule has 3 unspecified atom stereocenters. The Bertz CT molecular complexity index is 848. The second-order valence-electron chi connectivity index (χ2n) is 11.2. The second kappa shape index (κ2) is 17.1. The monoisotopic (exact) mass is 531 g/mol. The summed E-state index contributed by atoms with van der Waals surface area (Å²) < 4.78 is 5.49. The first-order valence-corrected chi connectivity index (χ1v) is 14.6. The smallest absolute Gasteiger partial charge is 0.408 e. The minimum Gasteiger partial charge on any atom is -0.444 e. The summed E-state index contributed by atoms with van der Waals surface area (Å²) in [5, 5.41) is 5.89. The van der Waals surface area contributed by atoms with Gasteiger partial charge in [0.1, 0.15) is 17.7 Å². The summed E-state index contributed by atoms with van der Waals surface area (Å²) in [6.45, 7) is 16.6. The van der Waals surface area contributed by atoms with Crippen LogP contribution in [-0.2, 0) is 20.7 Å². The van der Waals surface area contributed by atoms with E-state index in [0.29, 0.717) is 19.5 Å². The minimum absolute atomic E-state index is 0.139. The molecule has 2 N–H and O–H groups in total. The van der Waals surface area contributed by atoms with Crippen molar-refractivity contribution < 1.29 is 19.1 Å². The van der Waals surface area contributed by atoms with E-state index >= 15 is 0 Å². The van der Waals surface area contributed by atoms with Gasteiger partial charge in [0.2, 0.25) is 11.8 Å². The molecule has 0 aromatic heterocycles. The molecule has 0 saturated heterocycles. The van der Waals surface area contributed by atoms with Crippen molar-refractivity contribution in [1.29, 1.82) is 0 Å². The van der Waals surface area contributed by atoms with Crippen LogP contribution in [0.4, 0.5) is 4.79 Å². The van der Waals surface area contributed by atoms with Gasteiger partial charge in [-0.1, -0.05) is 91.0 Å². The van der Waals surface area contributed by atoms with Crippen LogP contribution in [0.1, 0.15) is 118 Å². The standard InChI is InChI=1S/C31H53N3O4/c1-9-13-15-16-22-34(29(36)26(23(5)11-3)33-30(37)38-31(6,7)8)27(28(35)32-21-14-10-2)25-19-17-24(12-4)18-20-25/h17-20,23,26-27H,9-16,21-22H2,1-8H3,(H,32,35)(H,33,37). The first kappa shape index (κ1) is 33.5. The Kier molecular flexibility index (Phi) is 15.1. The number of rotatable bonds is 16. The zero-order valence-corrected chi connectivity index (χ0v) is 25.2. The van der Waals surface area contributed by atoms with Crippen LogP contribution in [-0.4, -0.2) is 47.5 Å². The highest BCUT2D eigenvalue weighted by molar-refractivity contribution is 5.92. The maximum Gasteiger partial charge on any atom is 0.408 e. The quantitative estimate of drug-likeness (QED) is 0.237. The molecule has 0 heterocycles. The number of benzene rings is 1. The molecule has 0 fully saturated rings. The predicted molar refractivity (Wildman–Crippen MR) is 155 cm³/mol. The van der Waals surface area contributed by atoms with Gasteiger partial charge in [0, 0.05) is 13.1 Å². The fourth-order valence-electron chi connectivity index (χ4n) is 4.27. The van der Waals surface area contributed by atoms with Crippen LogP contribution in [0.15, 0.2) is 24.3 Å². The van der Waals surface area contributed by atoms with Crippen LogP contribution in [0, 0.1) is 5.92 Å². The van der Waals surface area contributed by atoms with Crippen molar-refractivity contribution in [1.82, 2.24) is 15.5 Å². The lowest BCUT2D eigenvalue weighted by Crippen LogP contribution is -2.55. The number of aryl methyl sites for hydroxylation is 1. The summed E-state index contributed by atoms with van der Waals surface area (Å²) >= 11 is 0. The fraction of sp³-hybridized carbons (Fsp3) is 0.710. The summed E-state index contributed by atoms with van der Waals surface area (Å²) in [6, 6.07) is 6.36. The molecule has 0 spiro atoms. The van der Waals surface area contributed by atoms with Crippen LogP contribution in [0.5, 0.6) is 0 Å². The van der Waals surface area contributed by atoms with Gasteiger partial charge in [-0.05, 0) is 57.1 Å². The number of amides is 3. The summed E-state index contributed by atoms with van der Waals surface area (Å²) in [7, 11) is 0. The Balaban J connectivity index is 3.48. The summed E-state index contributed by atoms with van der Waals surface area (Å²) in [5.74, 6) is -0.581. The van der Waals surface area contributed by atoms with E-state index < -0.39 is 23.8 Å². The van der Waals surface area contributed by atoms with E-state index in [0.717, 1.165) is 50.5 Å². The summed E-state index contributed by atoms with van der Waals surface area (Å²) in [6.07, 6.45) is 6.67.